The minimum atomic E-state index is -0.00869. The molecule has 1 amide bonds. The highest BCUT2D eigenvalue weighted by Gasteiger charge is 2.33. The lowest BCUT2D eigenvalue weighted by molar-refractivity contribution is -0.122. The minimum Gasteiger partial charge on any atom is -0.340 e. The molecule has 0 unspecified atom stereocenters. The van der Waals surface area contributed by atoms with Crippen molar-refractivity contribution in [1.82, 2.24) is 9.47 Å². The van der Waals surface area contributed by atoms with Gasteiger partial charge in [0.1, 0.15) is 0 Å². The average Bonchev–Trinajstić information content (AvgIpc) is 3.33. The monoisotopic (exact) mass is 477 g/mol. The third kappa shape index (κ3) is 4.73. The standard InChI is InChI=1S/C30H27N3OS/c1-3-18-32-22(2)26(25-16-10-11-17-27(25)32)19-28-29(34)33(21-24-14-8-5-9-15-24)30(35-28)31-20-23-12-6-4-7-13-23/h3-17,19H,1,18,20-21H2,2H3/b28-19+,31-30?. The van der Waals surface area contributed by atoms with E-state index in [1.165, 1.54) is 11.8 Å². The summed E-state index contributed by atoms with van der Waals surface area (Å²) in [6.07, 6.45) is 3.94. The van der Waals surface area contributed by atoms with Crippen molar-refractivity contribution in [1.29, 1.82) is 0 Å². The van der Waals surface area contributed by atoms with E-state index in [0.717, 1.165) is 45.0 Å². The maximum Gasteiger partial charge on any atom is 0.267 e. The molecule has 1 aromatic heterocycles. The van der Waals surface area contributed by atoms with Crippen LogP contribution in [0.5, 0.6) is 0 Å². The molecule has 1 aliphatic rings. The number of amides is 1. The van der Waals surface area contributed by atoms with Crippen molar-refractivity contribution in [2.75, 3.05) is 0 Å². The lowest BCUT2D eigenvalue weighted by Crippen LogP contribution is -2.28. The molecule has 5 heteroatoms. The van der Waals surface area contributed by atoms with Crippen LogP contribution in [0.25, 0.3) is 17.0 Å². The van der Waals surface area contributed by atoms with E-state index in [2.05, 4.69) is 42.3 Å². The van der Waals surface area contributed by atoms with Crippen molar-refractivity contribution in [3.05, 3.63) is 125 Å². The molecule has 0 radical (unpaired) electrons. The van der Waals surface area contributed by atoms with Crippen LogP contribution in [-0.2, 0) is 24.4 Å². The summed E-state index contributed by atoms with van der Waals surface area (Å²) in [4.78, 5) is 21.0. The van der Waals surface area contributed by atoms with Gasteiger partial charge in [0.2, 0.25) is 0 Å². The van der Waals surface area contributed by atoms with Crippen LogP contribution < -0.4 is 0 Å². The largest absolute Gasteiger partial charge is 0.340 e. The highest BCUT2D eigenvalue weighted by Crippen LogP contribution is 2.36. The lowest BCUT2D eigenvalue weighted by atomic mass is 10.1. The van der Waals surface area contributed by atoms with E-state index >= 15 is 0 Å². The molecule has 4 aromatic rings. The number of benzene rings is 3. The van der Waals surface area contributed by atoms with E-state index in [0.29, 0.717) is 18.0 Å². The van der Waals surface area contributed by atoms with Crippen LogP contribution in [0.2, 0.25) is 0 Å². The van der Waals surface area contributed by atoms with Gasteiger partial charge in [-0.15, -0.1) is 6.58 Å². The van der Waals surface area contributed by atoms with E-state index in [-0.39, 0.29) is 5.91 Å². The number of para-hydroxylation sites is 1. The maximum absolute atomic E-state index is 13.6. The van der Waals surface area contributed by atoms with E-state index in [4.69, 9.17) is 4.99 Å². The number of allylic oxidation sites excluding steroid dienone is 1. The van der Waals surface area contributed by atoms with Gasteiger partial charge in [-0.25, -0.2) is 0 Å². The predicted molar refractivity (Wildman–Crippen MR) is 147 cm³/mol. The number of thioether (sulfide) groups is 1. The number of aliphatic imine (C=N–C) groups is 1. The number of hydrogen-bond acceptors (Lipinski definition) is 3. The predicted octanol–water partition coefficient (Wildman–Crippen LogP) is 6.81. The average molecular weight is 478 g/mol. The first-order chi connectivity index (χ1) is 17.2. The van der Waals surface area contributed by atoms with Gasteiger partial charge in [0.25, 0.3) is 5.91 Å². The summed E-state index contributed by atoms with van der Waals surface area (Å²) < 4.78 is 2.24. The number of nitrogens with zero attached hydrogens (tertiary/aromatic N) is 3. The highest BCUT2D eigenvalue weighted by atomic mass is 32.2. The Hall–Kier alpha value is -3.83. The molecule has 0 bridgehead atoms. The third-order valence-corrected chi connectivity index (χ3v) is 7.22. The van der Waals surface area contributed by atoms with Gasteiger partial charge >= 0.3 is 0 Å². The molecule has 0 N–H and O–H groups in total. The topological polar surface area (TPSA) is 37.6 Å². The van der Waals surface area contributed by atoms with Crippen molar-refractivity contribution in [2.24, 2.45) is 4.99 Å². The number of fused-ring (bicyclic) bond motifs is 1. The lowest BCUT2D eigenvalue weighted by Gasteiger charge is -2.15. The quantitative estimate of drug-likeness (QED) is 0.217. The first kappa shape index (κ1) is 22.9. The van der Waals surface area contributed by atoms with Gasteiger partial charge < -0.3 is 4.57 Å². The molecule has 1 saturated heterocycles. The summed E-state index contributed by atoms with van der Waals surface area (Å²) in [5, 5.41) is 1.87. The van der Waals surface area contributed by atoms with Crippen LogP contribution in [0.1, 0.15) is 22.4 Å². The Morgan fingerprint density at radius 1 is 0.914 bits per heavy atom. The Morgan fingerprint density at radius 2 is 1.57 bits per heavy atom. The van der Waals surface area contributed by atoms with Gasteiger partial charge in [-0.3, -0.25) is 14.7 Å². The Kier molecular flexibility index (Phi) is 6.68. The molecule has 0 atom stereocenters. The van der Waals surface area contributed by atoms with Crippen LogP contribution in [0.4, 0.5) is 0 Å². The minimum absolute atomic E-state index is 0.00869. The first-order valence-corrected chi connectivity index (χ1v) is 12.5. The molecule has 1 fully saturated rings. The Morgan fingerprint density at radius 3 is 2.29 bits per heavy atom. The van der Waals surface area contributed by atoms with Gasteiger partial charge in [-0.2, -0.15) is 0 Å². The van der Waals surface area contributed by atoms with Crippen LogP contribution in [0.3, 0.4) is 0 Å². The fourth-order valence-corrected chi connectivity index (χ4v) is 5.37. The van der Waals surface area contributed by atoms with Gasteiger partial charge in [0.15, 0.2) is 5.17 Å². The third-order valence-electron chi connectivity index (χ3n) is 6.18. The Labute approximate surface area is 210 Å². The molecule has 0 spiro atoms. The molecule has 0 saturated carbocycles. The van der Waals surface area contributed by atoms with Gasteiger partial charge in [0.05, 0.1) is 18.0 Å². The van der Waals surface area contributed by atoms with E-state index in [1.807, 2.05) is 72.8 Å². The molecule has 5 rings (SSSR count). The summed E-state index contributed by atoms with van der Waals surface area (Å²) in [7, 11) is 0. The maximum atomic E-state index is 13.6. The van der Waals surface area contributed by atoms with Crippen molar-refractivity contribution >= 4 is 39.8 Å². The van der Waals surface area contributed by atoms with Gasteiger partial charge in [-0.1, -0.05) is 84.9 Å². The number of rotatable bonds is 7. The number of aromatic nitrogens is 1. The van der Waals surface area contributed by atoms with Crippen LogP contribution in [0, 0.1) is 6.92 Å². The molecule has 2 heterocycles. The molecular formula is C30H27N3OS. The van der Waals surface area contributed by atoms with Crippen LogP contribution in [0.15, 0.2) is 107 Å². The molecular weight excluding hydrogens is 450 g/mol. The fraction of sp³-hybridized carbons (Fsp3) is 0.133. The van der Waals surface area contributed by atoms with Crippen molar-refractivity contribution in [2.45, 2.75) is 26.6 Å². The molecule has 35 heavy (non-hydrogen) atoms. The molecule has 0 aliphatic carbocycles. The van der Waals surface area contributed by atoms with Gasteiger partial charge in [0, 0.05) is 28.7 Å². The highest BCUT2D eigenvalue weighted by molar-refractivity contribution is 8.18. The summed E-state index contributed by atoms with van der Waals surface area (Å²) in [5.74, 6) is -0.00869. The second-order valence-electron chi connectivity index (χ2n) is 8.49. The fourth-order valence-electron chi connectivity index (χ4n) is 4.41. The Balaban J connectivity index is 1.54. The first-order valence-electron chi connectivity index (χ1n) is 11.7. The SMILES string of the molecule is C=CCn1c(C)c(/C=C2/SC(=NCc3ccccc3)N(Cc3ccccc3)C2=O)c2ccccc21. The molecule has 4 nitrogen and oxygen atoms in total. The zero-order chi connectivity index (χ0) is 24.2. The van der Waals surface area contributed by atoms with Crippen molar-refractivity contribution < 1.29 is 4.79 Å². The second-order valence-corrected chi connectivity index (χ2v) is 9.50. The number of hydrogen-bond donors (Lipinski definition) is 0. The van der Waals surface area contributed by atoms with Crippen LogP contribution >= 0.6 is 11.8 Å². The smallest absolute Gasteiger partial charge is 0.267 e. The number of carbonyl (C=O) groups is 1. The van der Waals surface area contributed by atoms with E-state index in [9.17, 15) is 4.79 Å². The number of carbonyl (C=O) groups excluding carboxylic acids is 1. The second kappa shape index (κ2) is 10.2. The molecule has 174 valence electrons. The zero-order valence-electron chi connectivity index (χ0n) is 19.7. The van der Waals surface area contributed by atoms with E-state index in [1.54, 1.807) is 4.90 Å². The van der Waals surface area contributed by atoms with Crippen molar-refractivity contribution in [3.8, 4) is 0 Å². The Bertz CT molecular complexity index is 1430. The van der Waals surface area contributed by atoms with Crippen molar-refractivity contribution in [3.63, 3.8) is 0 Å². The van der Waals surface area contributed by atoms with E-state index < -0.39 is 0 Å². The van der Waals surface area contributed by atoms with Gasteiger partial charge in [-0.05, 0) is 42.0 Å². The summed E-state index contributed by atoms with van der Waals surface area (Å²) in [5.41, 5.74) is 5.53. The van der Waals surface area contributed by atoms with Crippen LogP contribution in [-0.4, -0.2) is 20.5 Å². The normalized spacial score (nSPS) is 16.0. The molecule has 1 aliphatic heterocycles. The summed E-state index contributed by atoms with van der Waals surface area (Å²) >= 11 is 1.46. The summed E-state index contributed by atoms with van der Waals surface area (Å²) in [6, 6.07) is 28.5. The molecule has 3 aromatic carbocycles. The summed E-state index contributed by atoms with van der Waals surface area (Å²) in [6.45, 7) is 7.77. The zero-order valence-corrected chi connectivity index (χ0v) is 20.5. The number of amidine groups is 1.